The van der Waals surface area contributed by atoms with Crippen molar-refractivity contribution in [2.75, 3.05) is 13.1 Å². The van der Waals surface area contributed by atoms with Gasteiger partial charge in [0.1, 0.15) is 5.84 Å². The molecule has 1 aliphatic heterocycles. The van der Waals surface area contributed by atoms with Gasteiger partial charge in [-0.15, -0.1) is 0 Å². The fourth-order valence-electron chi connectivity index (χ4n) is 1.07. The second-order valence-electron chi connectivity index (χ2n) is 2.76. The second-order valence-corrected chi connectivity index (χ2v) is 2.76. The first-order valence-corrected chi connectivity index (χ1v) is 4.38. The number of hydrogen-bond acceptors (Lipinski definition) is 2. The van der Waals surface area contributed by atoms with E-state index in [0.29, 0.717) is 0 Å². The highest BCUT2D eigenvalue weighted by molar-refractivity contribution is 5.94. The van der Waals surface area contributed by atoms with E-state index in [0.717, 1.165) is 18.9 Å². The summed E-state index contributed by atoms with van der Waals surface area (Å²) < 4.78 is 0. The predicted molar refractivity (Wildman–Crippen MR) is 49.0 cm³/mol. The second kappa shape index (κ2) is 4.94. The molecule has 0 saturated heterocycles. The van der Waals surface area contributed by atoms with Gasteiger partial charge >= 0.3 is 0 Å². The van der Waals surface area contributed by atoms with Gasteiger partial charge in [0.15, 0.2) is 0 Å². The minimum atomic E-state index is 0.857. The third-order valence-electron chi connectivity index (χ3n) is 1.73. The topological polar surface area (TPSA) is 24.4 Å². The Balaban J connectivity index is 1.99. The number of rotatable bonds is 4. The first kappa shape index (κ1) is 8.31. The number of nitrogens with zero attached hydrogens (tertiary/aromatic N) is 1. The van der Waals surface area contributed by atoms with Crippen molar-refractivity contribution in [3.05, 3.63) is 12.2 Å². The van der Waals surface area contributed by atoms with Gasteiger partial charge in [0.25, 0.3) is 0 Å². The molecular weight excluding hydrogens is 136 g/mol. The molecule has 0 saturated carbocycles. The van der Waals surface area contributed by atoms with E-state index in [1.54, 1.807) is 0 Å². The summed E-state index contributed by atoms with van der Waals surface area (Å²) >= 11 is 0. The number of unbranched alkanes of at least 4 members (excludes halogenated alkanes) is 2. The fourth-order valence-corrected chi connectivity index (χ4v) is 1.07. The zero-order valence-electron chi connectivity index (χ0n) is 7.14. The van der Waals surface area contributed by atoms with Gasteiger partial charge in [-0.05, 0) is 12.5 Å². The summed E-state index contributed by atoms with van der Waals surface area (Å²) in [5, 5.41) is 3.28. The van der Waals surface area contributed by atoms with E-state index >= 15 is 0 Å². The lowest BCUT2D eigenvalue weighted by Crippen LogP contribution is -2.21. The van der Waals surface area contributed by atoms with Crippen molar-refractivity contribution in [3.8, 4) is 0 Å². The maximum atomic E-state index is 4.23. The standard InChI is InChI=1S/C9H16N2/c1-2-3-4-7-10-9-6-5-8-11-9/h5-6H,2-4,7-8H2,1H3,(H,10,11). The molecule has 0 aromatic rings. The summed E-state index contributed by atoms with van der Waals surface area (Å²) in [4.78, 5) is 4.23. The van der Waals surface area contributed by atoms with E-state index in [2.05, 4.69) is 23.3 Å². The lowest BCUT2D eigenvalue weighted by Gasteiger charge is -2.02. The van der Waals surface area contributed by atoms with Gasteiger partial charge in [0, 0.05) is 6.54 Å². The van der Waals surface area contributed by atoms with E-state index < -0.39 is 0 Å². The van der Waals surface area contributed by atoms with Crippen molar-refractivity contribution >= 4 is 5.84 Å². The number of nitrogens with one attached hydrogen (secondary N) is 1. The quantitative estimate of drug-likeness (QED) is 0.610. The highest BCUT2D eigenvalue weighted by atomic mass is 15.0. The first-order chi connectivity index (χ1) is 5.43. The average Bonchev–Trinajstić information content (AvgIpc) is 2.50. The van der Waals surface area contributed by atoms with Gasteiger partial charge < -0.3 is 5.32 Å². The summed E-state index contributed by atoms with van der Waals surface area (Å²) in [5.41, 5.74) is 0. The Labute approximate surface area is 68.4 Å². The van der Waals surface area contributed by atoms with Crippen LogP contribution in [0.2, 0.25) is 0 Å². The zero-order chi connectivity index (χ0) is 7.94. The van der Waals surface area contributed by atoms with Gasteiger partial charge in [-0.25, -0.2) is 0 Å². The molecule has 1 N–H and O–H groups in total. The molecule has 0 amide bonds. The summed E-state index contributed by atoms with van der Waals surface area (Å²) in [5.74, 6) is 1.06. The van der Waals surface area contributed by atoms with Crippen LogP contribution in [0.5, 0.6) is 0 Å². The monoisotopic (exact) mass is 152 g/mol. The lowest BCUT2D eigenvalue weighted by atomic mass is 10.2. The van der Waals surface area contributed by atoms with Crippen LogP contribution in [-0.2, 0) is 0 Å². The normalized spacial score (nSPS) is 15.2. The molecule has 2 heteroatoms. The van der Waals surface area contributed by atoms with E-state index in [1.165, 1.54) is 19.3 Å². The molecule has 0 aromatic heterocycles. The SMILES string of the molecule is CCCCCNC1=NCC=C1. The summed E-state index contributed by atoms with van der Waals surface area (Å²) in [6.07, 6.45) is 7.96. The smallest absolute Gasteiger partial charge is 0.120 e. The molecule has 0 aromatic carbocycles. The van der Waals surface area contributed by atoms with Gasteiger partial charge in [-0.1, -0.05) is 25.8 Å². The van der Waals surface area contributed by atoms with Gasteiger partial charge in [-0.2, -0.15) is 0 Å². The van der Waals surface area contributed by atoms with Crippen molar-refractivity contribution in [3.63, 3.8) is 0 Å². The van der Waals surface area contributed by atoms with Crippen LogP contribution < -0.4 is 5.32 Å². The van der Waals surface area contributed by atoms with Crippen LogP contribution in [0.4, 0.5) is 0 Å². The number of hydrogen-bond donors (Lipinski definition) is 1. The molecule has 0 bridgehead atoms. The van der Waals surface area contributed by atoms with Crippen LogP contribution in [0.3, 0.4) is 0 Å². The van der Waals surface area contributed by atoms with Crippen molar-refractivity contribution < 1.29 is 0 Å². The van der Waals surface area contributed by atoms with Crippen LogP contribution in [0.25, 0.3) is 0 Å². The average molecular weight is 152 g/mol. The Morgan fingerprint density at radius 2 is 2.45 bits per heavy atom. The number of aliphatic imine (C=N–C) groups is 1. The molecule has 0 unspecified atom stereocenters. The van der Waals surface area contributed by atoms with Crippen LogP contribution in [0.15, 0.2) is 17.1 Å². The van der Waals surface area contributed by atoms with Gasteiger partial charge in [0.2, 0.25) is 0 Å². The largest absolute Gasteiger partial charge is 0.370 e. The Hall–Kier alpha value is -0.790. The molecular formula is C9H16N2. The molecule has 1 heterocycles. The molecule has 0 atom stereocenters. The van der Waals surface area contributed by atoms with E-state index in [4.69, 9.17) is 0 Å². The molecule has 1 aliphatic rings. The van der Waals surface area contributed by atoms with Gasteiger partial charge in [-0.3, -0.25) is 4.99 Å². The fraction of sp³-hybridized carbons (Fsp3) is 0.667. The highest BCUT2D eigenvalue weighted by Crippen LogP contribution is 1.93. The highest BCUT2D eigenvalue weighted by Gasteiger charge is 1.95. The van der Waals surface area contributed by atoms with Crippen molar-refractivity contribution in [1.82, 2.24) is 5.32 Å². The van der Waals surface area contributed by atoms with E-state index in [9.17, 15) is 0 Å². The summed E-state index contributed by atoms with van der Waals surface area (Å²) in [6.45, 7) is 4.14. The van der Waals surface area contributed by atoms with Gasteiger partial charge in [0.05, 0.1) is 6.54 Å². The van der Waals surface area contributed by atoms with E-state index in [-0.39, 0.29) is 0 Å². The Bertz CT molecular complexity index is 159. The maximum absolute atomic E-state index is 4.23. The van der Waals surface area contributed by atoms with E-state index in [1.807, 2.05) is 6.08 Å². The van der Waals surface area contributed by atoms with Crippen molar-refractivity contribution in [2.45, 2.75) is 26.2 Å². The molecule has 0 fully saturated rings. The van der Waals surface area contributed by atoms with Crippen LogP contribution >= 0.6 is 0 Å². The third kappa shape index (κ3) is 3.21. The number of amidine groups is 1. The van der Waals surface area contributed by atoms with Crippen molar-refractivity contribution in [1.29, 1.82) is 0 Å². The maximum Gasteiger partial charge on any atom is 0.120 e. The Kier molecular flexibility index (Phi) is 3.73. The molecule has 0 aliphatic carbocycles. The zero-order valence-corrected chi connectivity index (χ0v) is 7.14. The first-order valence-electron chi connectivity index (χ1n) is 4.38. The Morgan fingerprint density at radius 1 is 1.55 bits per heavy atom. The van der Waals surface area contributed by atoms with Crippen LogP contribution in [0.1, 0.15) is 26.2 Å². The predicted octanol–water partition coefficient (Wildman–Crippen LogP) is 1.73. The molecule has 0 radical (unpaired) electrons. The van der Waals surface area contributed by atoms with Crippen molar-refractivity contribution in [2.24, 2.45) is 4.99 Å². The lowest BCUT2D eigenvalue weighted by molar-refractivity contribution is 0.696. The van der Waals surface area contributed by atoms with Crippen LogP contribution in [0, 0.1) is 0 Å². The molecule has 62 valence electrons. The minimum Gasteiger partial charge on any atom is -0.370 e. The summed E-state index contributed by atoms with van der Waals surface area (Å²) in [7, 11) is 0. The summed E-state index contributed by atoms with van der Waals surface area (Å²) in [6, 6.07) is 0. The molecule has 11 heavy (non-hydrogen) atoms. The third-order valence-corrected chi connectivity index (χ3v) is 1.73. The minimum absolute atomic E-state index is 0.857. The molecule has 2 nitrogen and oxygen atoms in total. The molecule has 0 spiro atoms. The molecule has 1 rings (SSSR count). The Morgan fingerprint density at radius 3 is 3.09 bits per heavy atom. The van der Waals surface area contributed by atoms with Crippen LogP contribution in [-0.4, -0.2) is 18.9 Å².